The van der Waals surface area contributed by atoms with Gasteiger partial charge in [0.05, 0.1) is 6.20 Å². The Kier molecular flexibility index (Phi) is 4.86. The van der Waals surface area contributed by atoms with Crippen LogP contribution in [-0.2, 0) is 0 Å². The van der Waals surface area contributed by atoms with Crippen LogP contribution in [0.1, 0.15) is 28.9 Å². The molecule has 0 saturated carbocycles. The van der Waals surface area contributed by atoms with Gasteiger partial charge in [0.25, 0.3) is 11.8 Å². The van der Waals surface area contributed by atoms with E-state index in [-0.39, 0.29) is 31.6 Å². The molecule has 1 aliphatic rings. The molecule has 2 N–H and O–H groups in total. The SMILES string of the molecule is Cc1cncnc1N1CCC(CNC(=O)c2cn[nH]n2)C(F)(F)CC1. The van der Waals surface area contributed by atoms with E-state index in [1.165, 1.54) is 12.5 Å². The van der Waals surface area contributed by atoms with E-state index < -0.39 is 17.7 Å². The molecular formula is C15H19F2N7O. The maximum absolute atomic E-state index is 14.5. The molecule has 2 aromatic heterocycles. The van der Waals surface area contributed by atoms with Crippen LogP contribution >= 0.6 is 0 Å². The zero-order valence-corrected chi connectivity index (χ0v) is 13.7. The molecule has 1 saturated heterocycles. The van der Waals surface area contributed by atoms with Gasteiger partial charge in [-0.2, -0.15) is 15.4 Å². The molecule has 25 heavy (non-hydrogen) atoms. The van der Waals surface area contributed by atoms with Gasteiger partial charge >= 0.3 is 0 Å². The van der Waals surface area contributed by atoms with Crippen molar-refractivity contribution in [3.8, 4) is 0 Å². The Bertz CT molecular complexity index is 722. The number of alkyl halides is 2. The number of carbonyl (C=O) groups is 1. The molecule has 10 heteroatoms. The Labute approximate surface area is 143 Å². The van der Waals surface area contributed by atoms with Crippen molar-refractivity contribution < 1.29 is 13.6 Å². The Morgan fingerprint density at radius 2 is 2.28 bits per heavy atom. The zero-order valence-electron chi connectivity index (χ0n) is 13.7. The van der Waals surface area contributed by atoms with Gasteiger partial charge in [0.15, 0.2) is 5.69 Å². The van der Waals surface area contributed by atoms with Gasteiger partial charge in [-0.05, 0) is 13.3 Å². The van der Waals surface area contributed by atoms with Gasteiger partial charge in [0.1, 0.15) is 12.1 Å². The average molecular weight is 351 g/mol. The highest BCUT2D eigenvalue weighted by Crippen LogP contribution is 2.34. The summed E-state index contributed by atoms with van der Waals surface area (Å²) in [7, 11) is 0. The van der Waals surface area contributed by atoms with Gasteiger partial charge in [-0.1, -0.05) is 0 Å². The van der Waals surface area contributed by atoms with E-state index in [2.05, 4.69) is 30.7 Å². The lowest BCUT2D eigenvalue weighted by Crippen LogP contribution is -2.38. The smallest absolute Gasteiger partial charge is 0.273 e. The summed E-state index contributed by atoms with van der Waals surface area (Å²) in [6, 6.07) is 0. The fraction of sp³-hybridized carbons (Fsp3) is 0.533. The van der Waals surface area contributed by atoms with Crippen LogP contribution in [0.5, 0.6) is 0 Å². The largest absolute Gasteiger partial charge is 0.356 e. The predicted octanol–water partition coefficient (Wildman–Crippen LogP) is 1.18. The van der Waals surface area contributed by atoms with Crippen molar-refractivity contribution >= 4 is 11.7 Å². The Balaban J connectivity index is 1.65. The third-order valence-corrected chi connectivity index (χ3v) is 4.38. The van der Waals surface area contributed by atoms with E-state index in [1.807, 2.05) is 11.8 Å². The zero-order chi connectivity index (χ0) is 17.9. The number of anilines is 1. The number of amides is 1. The molecule has 0 aromatic carbocycles. The predicted molar refractivity (Wildman–Crippen MR) is 85.4 cm³/mol. The van der Waals surface area contributed by atoms with Crippen LogP contribution in [-0.4, -0.2) is 56.8 Å². The average Bonchev–Trinajstić information content (AvgIpc) is 3.07. The van der Waals surface area contributed by atoms with Crippen LogP contribution in [0.15, 0.2) is 18.7 Å². The Morgan fingerprint density at radius 3 is 3.00 bits per heavy atom. The number of aromatic amines is 1. The number of aryl methyl sites for hydroxylation is 1. The van der Waals surface area contributed by atoms with Crippen LogP contribution in [0.2, 0.25) is 0 Å². The van der Waals surface area contributed by atoms with Gasteiger partial charge in [-0.25, -0.2) is 18.7 Å². The molecule has 1 amide bonds. The van der Waals surface area contributed by atoms with Gasteiger partial charge in [0, 0.05) is 43.7 Å². The van der Waals surface area contributed by atoms with Crippen LogP contribution in [0.4, 0.5) is 14.6 Å². The second-order valence-corrected chi connectivity index (χ2v) is 6.08. The van der Waals surface area contributed by atoms with Crippen LogP contribution in [0.3, 0.4) is 0 Å². The van der Waals surface area contributed by atoms with Crippen LogP contribution in [0, 0.1) is 12.8 Å². The van der Waals surface area contributed by atoms with Gasteiger partial charge in [0.2, 0.25) is 0 Å². The maximum atomic E-state index is 14.5. The molecule has 1 atom stereocenters. The summed E-state index contributed by atoms with van der Waals surface area (Å²) in [5.41, 5.74) is 0.929. The van der Waals surface area contributed by atoms with Crippen molar-refractivity contribution in [2.45, 2.75) is 25.7 Å². The molecule has 0 spiro atoms. The first kappa shape index (κ1) is 17.2. The van der Waals surface area contributed by atoms with E-state index in [0.717, 1.165) is 5.56 Å². The summed E-state index contributed by atoms with van der Waals surface area (Å²) in [6.07, 6.45) is 4.29. The number of hydrogen-bond acceptors (Lipinski definition) is 6. The number of rotatable bonds is 4. The lowest BCUT2D eigenvalue weighted by molar-refractivity contribution is -0.0585. The number of hydrogen-bond donors (Lipinski definition) is 2. The molecule has 3 heterocycles. The molecule has 0 radical (unpaired) electrons. The third-order valence-electron chi connectivity index (χ3n) is 4.38. The number of H-pyrrole nitrogens is 1. The van der Waals surface area contributed by atoms with Crippen LogP contribution in [0.25, 0.3) is 0 Å². The molecular weight excluding hydrogens is 332 g/mol. The quantitative estimate of drug-likeness (QED) is 0.858. The highest BCUT2D eigenvalue weighted by molar-refractivity contribution is 5.91. The second-order valence-electron chi connectivity index (χ2n) is 6.08. The number of nitrogens with one attached hydrogen (secondary N) is 2. The first-order valence-electron chi connectivity index (χ1n) is 8.01. The standard InChI is InChI=1S/C15H19F2N7O/c1-10-6-18-9-20-13(10)24-4-2-11(15(16,17)3-5-24)7-19-14(25)12-8-21-23-22-12/h6,8-9,11H,2-5,7H2,1H3,(H,19,25)(H,21,22,23). The normalized spacial score (nSPS) is 20.1. The van der Waals surface area contributed by atoms with E-state index in [9.17, 15) is 13.6 Å². The first-order valence-corrected chi connectivity index (χ1v) is 8.01. The number of carbonyl (C=O) groups excluding carboxylic acids is 1. The molecule has 3 rings (SSSR count). The number of nitrogens with zero attached hydrogens (tertiary/aromatic N) is 5. The summed E-state index contributed by atoms with van der Waals surface area (Å²) in [6.45, 7) is 2.39. The lowest BCUT2D eigenvalue weighted by atomic mass is 9.96. The second kappa shape index (κ2) is 7.08. The number of aromatic nitrogens is 5. The van der Waals surface area contributed by atoms with Crippen molar-refractivity contribution in [1.29, 1.82) is 0 Å². The first-order chi connectivity index (χ1) is 12.0. The summed E-state index contributed by atoms with van der Waals surface area (Å²) < 4.78 is 28.9. The maximum Gasteiger partial charge on any atom is 0.273 e. The topological polar surface area (TPSA) is 99.7 Å². The highest BCUT2D eigenvalue weighted by Gasteiger charge is 2.42. The number of halogens is 2. The molecule has 1 fully saturated rings. The Morgan fingerprint density at radius 1 is 1.44 bits per heavy atom. The van der Waals surface area contributed by atoms with Crippen molar-refractivity contribution in [2.24, 2.45) is 5.92 Å². The van der Waals surface area contributed by atoms with E-state index in [1.54, 1.807) is 6.20 Å². The van der Waals surface area contributed by atoms with Gasteiger partial charge in [-0.3, -0.25) is 4.79 Å². The minimum Gasteiger partial charge on any atom is -0.356 e. The molecule has 134 valence electrons. The fourth-order valence-corrected chi connectivity index (χ4v) is 2.93. The lowest BCUT2D eigenvalue weighted by Gasteiger charge is -2.24. The minimum absolute atomic E-state index is 0.0789. The molecule has 0 aliphatic carbocycles. The third kappa shape index (κ3) is 3.89. The highest BCUT2D eigenvalue weighted by atomic mass is 19.3. The van der Waals surface area contributed by atoms with Crippen LogP contribution < -0.4 is 10.2 Å². The fourth-order valence-electron chi connectivity index (χ4n) is 2.93. The molecule has 2 aromatic rings. The van der Waals surface area contributed by atoms with Gasteiger partial charge < -0.3 is 10.2 Å². The minimum atomic E-state index is -2.87. The van der Waals surface area contributed by atoms with Crippen molar-refractivity contribution in [3.05, 3.63) is 30.0 Å². The monoisotopic (exact) mass is 351 g/mol. The van der Waals surface area contributed by atoms with E-state index in [0.29, 0.717) is 12.4 Å². The molecule has 1 aliphatic heterocycles. The summed E-state index contributed by atoms with van der Waals surface area (Å²) in [5, 5.41) is 12.0. The molecule has 1 unspecified atom stereocenters. The van der Waals surface area contributed by atoms with E-state index in [4.69, 9.17) is 0 Å². The van der Waals surface area contributed by atoms with Crippen molar-refractivity contribution in [3.63, 3.8) is 0 Å². The molecule has 0 bridgehead atoms. The van der Waals surface area contributed by atoms with E-state index >= 15 is 0 Å². The summed E-state index contributed by atoms with van der Waals surface area (Å²) in [5.74, 6) is -3.65. The summed E-state index contributed by atoms with van der Waals surface area (Å²) >= 11 is 0. The van der Waals surface area contributed by atoms with Crippen molar-refractivity contribution in [2.75, 3.05) is 24.5 Å². The van der Waals surface area contributed by atoms with Gasteiger partial charge in [-0.15, -0.1) is 0 Å². The molecule has 8 nitrogen and oxygen atoms in total. The summed E-state index contributed by atoms with van der Waals surface area (Å²) in [4.78, 5) is 21.9. The van der Waals surface area contributed by atoms with Crippen molar-refractivity contribution in [1.82, 2.24) is 30.7 Å². The Hall–Kier alpha value is -2.65.